The molecule has 13 heteroatoms. The first kappa shape index (κ1) is 23.4. The van der Waals surface area contributed by atoms with Crippen molar-refractivity contribution in [1.29, 1.82) is 0 Å². The van der Waals surface area contributed by atoms with E-state index in [0.29, 0.717) is 35.5 Å². The fourth-order valence-electron chi connectivity index (χ4n) is 2.80. The number of nitrogens with one attached hydrogen (secondary N) is 3. The molecule has 2 aromatic rings. The second kappa shape index (κ2) is 12.0. The van der Waals surface area contributed by atoms with Gasteiger partial charge in [-0.25, -0.2) is 18.8 Å². The molecule has 0 radical (unpaired) electrons. The highest BCUT2D eigenvalue weighted by Crippen LogP contribution is 2.24. The number of benzene rings is 1. The second-order valence-corrected chi connectivity index (χ2v) is 8.57. The quantitative estimate of drug-likeness (QED) is 0.138. The molecule has 168 valence electrons. The number of thioether (sulfide) groups is 1. The van der Waals surface area contributed by atoms with Gasteiger partial charge in [-0.2, -0.15) is 0 Å². The molecular formula is C18H22BrFN6O4S. The van der Waals surface area contributed by atoms with E-state index in [1.54, 1.807) is 0 Å². The fourth-order valence-corrected chi connectivity index (χ4v) is 3.92. The average Bonchev–Trinajstić information content (AvgIpc) is 3.25. The number of hydroxylamine groups is 1. The van der Waals surface area contributed by atoms with Gasteiger partial charge < -0.3 is 15.4 Å². The Morgan fingerprint density at radius 1 is 1.32 bits per heavy atom. The van der Waals surface area contributed by atoms with Gasteiger partial charge in [-0.1, -0.05) is 11.8 Å². The van der Waals surface area contributed by atoms with Gasteiger partial charge in [-0.15, -0.1) is 0 Å². The minimum absolute atomic E-state index is 0.00979. The van der Waals surface area contributed by atoms with Crippen molar-refractivity contribution < 1.29 is 23.8 Å². The number of hydrogen-bond acceptors (Lipinski definition) is 8. The summed E-state index contributed by atoms with van der Waals surface area (Å²) >= 11 is 4.36. The summed E-state index contributed by atoms with van der Waals surface area (Å²) in [7, 11) is 0. The van der Waals surface area contributed by atoms with Crippen LogP contribution >= 0.6 is 27.7 Å². The minimum atomic E-state index is -0.430. The summed E-state index contributed by atoms with van der Waals surface area (Å²) in [6.07, 6.45) is 1.91. The van der Waals surface area contributed by atoms with Crippen LogP contribution in [0.4, 0.5) is 14.9 Å². The number of urea groups is 1. The molecule has 4 N–H and O–H groups in total. The first-order valence-electron chi connectivity index (χ1n) is 9.56. The molecule has 1 fully saturated rings. The summed E-state index contributed by atoms with van der Waals surface area (Å²) in [4.78, 5) is 16.1. The SMILES string of the molecule is O=C(NCCSc1nonc1C(=Nc1ccc(F)c(Br)c1)NO)NCC1CCOCC1. The molecule has 3 rings (SSSR count). The van der Waals surface area contributed by atoms with E-state index in [1.807, 2.05) is 5.48 Å². The van der Waals surface area contributed by atoms with Crippen molar-refractivity contribution >= 4 is 45.2 Å². The summed E-state index contributed by atoms with van der Waals surface area (Å²) in [5.41, 5.74) is 2.53. The van der Waals surface area contributed by atoms with Crippen LogP contribution in [0.2, 0.25) is 0 Å². The van der Waals surface area contributed by atoms with E-state index in [2.05, 4.69) is 41.9 Å². The third-order valence-corrected chi connectivity index (χ3v) is 6.01. The molecular weight excluding hydrogens is 495 g/mol. The van der Waals surface area contributed by atoms with Crippen molar-refractivity contribution in [1.82, 2.24) is 26.4 Å². The highest BCUT2D eigenvalue weighted by atomic mass is 79.9. The number of hydrogen-bond donors (Lipinski definition) is 4. The van der Waals surface area contributed by atoms with Crippen molar-refractivity contribution in [3.63, 3.8) is 0 Å². The fraction of sp³-hybridized carbons (Fsp3) is 0.444. The Labute approximate surface area is 190 Å². The zero-order valence-electron chi connectivity index (χ0n) is 16.4. The summed E-state index contributed by atoms with van der Waals surface area (Å²) in [6, 6.07) is 3.91. The predicted molar refractivity (Wildman–Crippen MR) is 115 cm³/mol. The Hall–Kier alpha value is -2.22. The van der Waals surface area contributed by atoms with Gasteiger partial charge in [0.05, 0.1) is 10.2 Å². The van der Waals surface area contributed by atoms with Crippen LogP contribution in [0.5, 0.6) is 0 Å². The molecule has 1 saturated heterocycles. The van der Waals surface area contributed by atoms with E-state index in [1.165, 1.54) is 30.0 Å². The molecule has 1 aromatic carbocycles. The maximum absolute atomic E-state index is 13.4. The number of amides is 2. The molecule has 0 bridgehead atoms. The third-order valence-electron chi connectivity index (χ3n) is 4.45. The van der Waals surface area contributed by atoms with E-state index in [4.69, 9.17) is 9.37 Å². The molecule has 1 aromatic heterocycles. The van der Waals surface area contributed by atoms with Crippen LogP contribution in [-0.2, 0) is 4.74 Å². The molecule has 31 heavy (non-hydrogen) atoms. The lowest BCUT2D eigenvalue weighted by Gasteiger charge is -2.22. The summed E-state index contributed by atoms with van der Waals surface area (Å²) < 4.78 is 23.7. The Morgan fingerprint density at radius 3 is 2.87 bits per heavy atom. The van der Waals surface area contributed by atoms with Crippen LogP contribution in [0.25, 0.3) is 0 Å². The van der Waals surface area contributed by atoms with E-state index in [9.17, 15) is 14.4 Å². The lowest BCUT2D eigenvalue weighted by molar-refractivity contribution is 0.0669. The molecule has 2 heterocycles. The van der Waals surface area contributed by atoms with Crippen LogP contribution in [-0.4, -0.2) is 59.4 Å². The number of carbonyl (C=O) groups excluding carboxylic acids is 1. The van der Waals surface area contributed by atoms with Gasteiger partial charge in [0.25, 0.3) is 0 Å². The number of amidine groups is 1. The largest absolute Gasteiger partial charge is 0.381 e. The van der Waals surface area contributed by atoms with E-state index >= 15 is 0 Å². The first-order valence-corrected chi connectivity index (χ1v) is 11.3. The van der Waals surface area contributed by atoms with Gasteiger partial charge in [-0.3, -0.25) is 10.7 Å². The predicted octanol–water partition coefficient (Wildman–Crippen LogP) is 2.85. The number of aromatic nitrogens is 2. The zero-order valence-corrected chi connectivity index (χ0v) is 18.8. The molecule has 0 atom stereocenters. The summed E-state index contributed by atoms with van der Waals surface area (Å²) in [5, 5.41) is 23.1. The minimum Gasteiger partial charge on any atom is -0.381 e. The Morgan fingerprint density at radius 2 is 2.13 bits per heavy atom. The number of rotatable bonds is 8. The van der Waals surface area contributed by atoms with Crippen LogP contribution in [0.3, 0.4) is 0 Å². The van der Waals surface area contributed by atoms with Crippen molar-refractivity contribution in [2.24, 2.45) is 10.9 Å². The maximum atomic E-state index is 13.4. The third kappa shape index (κ3) is 7.16. The number of halogens is 2. The molecule has 10 nitrogen and oxygen atoms in total. The van der Waals surface area contributed by atoms with E-state index < -0.39 is 5.82 Å². The topological polar surface area (TPSA) is 134 Å². The molecule has 1 aliphatic heterocycles. The number of ether oxygens (including phenoxy) is 1. The molecule has 0 unspecified atom stereocenters. The van der Waals surface area contributed by atoms with Crippen LogP contribution in [0.1, 0.15) is 18.5 Å². The van der Waals surface area contributed by atoms with Crippen LogP contribution in [0, 0.1) is 11.7 Å². The second-order valence-electron chi connectivity index (χ2n) is 6.63. The van der Waals surface area contributed by atoms with Gasteiger partial charge in [0.1, 0.15) is 5.82 Å². The van der Waals surface area contributed by atoms with E-state index in [-0.39, 0.29) is 22.0 Å². The molecule has 0 aliphatic carbocycles. The smallest absolute Gasteiger partial charge is 0.314 e. The lowest BCUT2D eigenvalue weighted by atomic mass is 10.0. The molecule has 1 aliphatic rings. The summed E-state index contributed by atoms with van der Waals surface area (Å²) in [5.74, 6) is 0.501. The Bertz CT molecular complexity index is 909. The lowest BCUT2D eigenvalue weighted by Crippen LogP contribution is -2.40. The van der Waals surface area contributed by atoms with Gasteiger partial charge in [0, 0.05) is 32.1 Å². The average molecular weight is 517 g/mol. The van der Waals surface area contributed by atoms with Gasteiger partial charge in [-0.05, 0) is 63.2 Å². The van der Waals surface area contributed by atoms with E-state index in [0.717, 1.165) is 26.1 Å². The maximum Gasteiger partial charge on any atom is 0.314 e. The normalized spacial score (nSPS) is 15.0. The first-order chi connectivity index (χ1) is 15.1. The molecule has 0 spiro atoms. The monoisotopic (exact) mass is 516 g/mol. The number of aliphatic imine (C=N–C) groups is 1. The van der Waals surface area contributed by atoms with Crippen molar-refractivity contribution in [3.05, 3.63) is 34.2 Å². The Balaban J connectivity index is 1.48. The van der Waals surface area contributed by atoms with Gasteiger partial charge in [0.15, 0.2) is 16.6 Å². The number of nitrogens with zero attached hydrogens (tertiary/aromatic N) is 3. The summed E-state index contributed by atoms with van der Waals surface area (Å²) in [6.45, 7) is 2.50. The van der Waals surface area contributed by atoms with Gasteiger partial charge in [0.2, 0.25) is 0 Å². The van der Waals surface area contributed by atoms with Crippen LogP contribution in [0.15, 0.2) is 37.3 Å². The van der Waals surface area contributed by atoms with Crippen molar-refractivity contribution in [2.75, 3.05) is 32.1 Å². The van der Waals surface area contributed by atoms with Crippen molar-refractivity contribution in [3.8, 4) is 0 Å². The number of carbonyl (C=O) groups is 1. The van der Waals surface area contributed by atoms with Crippen LogP contribution < -0.4 is 16.1 Å². The Kier molecular flexibility index (Phi) is 9.06. The molecule has 0 saturated carbocycles. The molecule has 2 amide bonds. The zero-order chi connectivity index (χ0) is 22.1. The van der Waals surface area contributed by atoms with Gasteiger partial charge >= 0.3 is 6.03 Å². The standard InChI is InChI=1S/C18H22BrFN6O4S/c19-13-9-12(1-2-14(13)20)23-16(24-28)15-17(26-30-25-15)31-8-5-21-18(27)22-10-11-3-6-29-7-4-11/h1-2,9,11,28H,3-8,10H2,(H,23,24)(H2,21,22,27). The highest BCUT2D eigenvalue weighted by molar-refractivity contribution is 9.10. The van der Waals surface area contributed by atoms with Crippen molar-refractivity contribution in [2.45, 2.75) is 17.9 Å². The highest BCUT2D eigenvalue weighted by Gasteiger charge is 2.18.